The van der Waals surface area contributed by atoms with Crippen molar-refractivity contribution in [1.82, 2.24) is 4.57 Å². The van der Waals surface area contributed by atoms with Crippen molar-refractivity contribution in [2.75, 3.05) is 0 Å². The molecule has 1 nitrogen and oxygen atoms in total. The summed E-state index contributed by atoms with van der Waals surface area (Å²) in [6, 6.07) is 35.1. The van der Waals surface area contributed by atoms with Gasteiger partial charge in [-0.05, 0) is 27.7 Å². The highest BCUT2D eigenvalue weighted by Crippen LogP contribution is 2.56. The summed E-state index contributed by atoms with van der Waals surface area (Å²) in [7, 11) is 2.20. The lowest BCUT2D eigenvalue weighted by Crippen LogP contribution is -2.22. The Morgan fingerprint density at radius 1 is 0.656 bits per heavy atom. The van der Waals surface area contributed by atoms with Gasteiger partial charge in [-0.3, -0.25) is 0 Å². The number of fused-ring (bicyclic) bond motifs is 10. The number of aromatic nitrogens is 1. The topological polar surface area (TPSA) is 4.93 Å². The van der Waals surface area contributed by atoms with Crippen LogP contribution in [0.3, 0.4) is 0 Å². The lowest BCUT2D eigenvalue weighted by Gasteiger charge is -2.22. The Morgan fingerprint density at radius 3 is 2.09 bits per heavy atom. The molecule has 0 fully saturated rings. The molecule has 3 heteroatoms. The van der Waals surface area contributed by atoms with Crippen LogP contribution in [0.15, 0.2) is 103 Å². The van der Waals surface area contributed by atoms with Crippen LogP contribution in [0.2, 0.25) is 0 Å². The van der Waals surface area contributed by atoms with E-state index in [1.807, 2.05) is 0 Å². The van der Waals surface area contributed by atoms with Gasteiger partial charge in [0.15, 0.2) is 0 Å². The molecule has 0 amide bonds. The SMILES string of the molecule is Cn1c2ccccc2c2c3ccccc3c3c(c21)P(=S)(c1ccccc1)c1ccccc1-3. The van der Waals surface area contributed by atoms with Gasteiger partial charge in [0, 0.05) is 45.5 Å². The maximum atomic E-state index is 6.80. The molecule has 2 heterocycles. The summed E-state index contributed by atoms with van der Waals surface area (Å²) in [6.07, 6.45) is 0. The molecule has 0 bridgehead atoms. The van der Waals surface area contributed by atoms with Crippen LogP contribution < -0.4 is 15.9 Å². The molecule has 0 saturated carbocycles. The van der Waals surface area contributed by atoms with E-state index in [4.69, 9.17) is 11.8 Å². The molecule has 32 heavy (non-hydrogen) atoms. The average molecular weight is 446 g/mol. The van der Waals surface area contributed by atoms with Gasteiger partial charge in [0.25, 0.3) is 0 Å². The fourth-order valence-corrected chi connectivity index (χ4v) is 10.4. The van der Waals surface area contributed by atoms with Gasteiger partial charge in [0.1, 0.15) is 0 Å². The van der Waals surface area contributed by atoms with Gasteiger partial charge >= 0.3 is 0 Å². The Bertz CT molecular complexity index is 1760. The van der Waals surface area contributed by atoms with Crippen molar-refractivity contribution in [1.29, 1.82) is 0 Å². The molecule has 1 aliphatic heterocycles. The standard InChI is InChI=1S/C29H20NPS/c1-30-24-17-9-7-15-22(24)26-20-13-5-6-14-21(20)27-23-16-8-10-18-25(23)31(32,29(27)28(26)30)19-11-3-2-4-12-19/h2-18H,1H3. The van der Waals surface area contributed by atoms with E-state index in [2.05, 4.69) is 115 Å². The quantitative estimate of drug-likeness (QED) is 0.272. The van der Waals surface area contributed by atoms with Crippen LogP contribution in [-0.2, 0) is 18.9 Å². The second kappa shape index (κ2) is 6.42. The number of rotatable bonds is 1. The van der Waals surface area contributed by atoms with Crippen molar-refractivity contribution >= 4 is 66.3 Å². The zero-order chi connectivity index (χ0) is 21.4. The molecule has 7 rings (SSSR count). The maximum Gasteiger partial charge on any atom is 0.0593 e. The molecule has 0 aliphatic carbocycles. The highest BCUT2D eigenvalue weighted by atomic mass is 32.4. The van der Waals surface area contributed by atoms with Crippen LogP contribution in [0.1, 0.15) is 0 Å². The van der Waals surface area contributed by atoms with Crippen molar-refractivity contribution in [3.63, 3.8) is 0 Å². The van der Waals surface area contributed by atoms with Crippen molar-refractivity contribution in [3.8, 4) is 11.1 Å². The van der Waals surface area contributed by atoms with Crippen LogP contribution in [-0.4, -0.2) is 4.57 Å². The Hall–Kier alpha value is -3.19. The van der Waals surface area contributed by atoms with Gasteiger partial charge < -0.3 is 4.57 Å². The second-order valence-electron chi connectivity index (χ2n) is 8.53. The van der Waals surface area contributed by atoms with E-state index in [1.165, 1.54) is 59.6 Å². The zero-order valence-electron chi connectivity index (χ0n) is 17.6. The van der Waals surface area contributed by atoms with Crippen molar-refractivity contribution in [2.24, 2.45) is 7.05 Å². The minimum absolute atomic E-state index is 1.26. The molecule has 1 aliphatic rings. The molecule has 0 spiro atoms. The molecule has 6 aromatic rings. The first kappa shape index (κ1) is 18.4. The van der Waals surface area contributed by atoms with Crippen LogP contribution in [0.4, 0.5) is 0 Å². The third-order valence-corrected chi connectivity index (χ3v) is 11.9. The van der Waals surface area contributed by atoms with Gasteiger partial charge in [-0.2, -0.15) is 0 Å². The fraction of sp³-hybridized carbons (Fsp3) is 0.0345. The molecule has 0 radical (unpaired) electrons. The molecule has 1 unspecified atom stereocenters. The van der Waals surface area contributed by atoms with Crippen LogP contribution in [0, 0.1) is 0 Å². The normalized spacial score (nSPS) is 17.2. The fourth-order valence-electron chi connectivity index (χ4n) is 5.67. The molecule has 152 valence electrons. The Labute approximate surface area is 191 Å². The van der Waals surface area contributed by atoms with E-state index >= 15 is 0 Å². The highest BCUT2D eigenvalue weighted by molar-refractivity contribution is 8.26. The zero-order valence-corrected chi connectivity index (χ0v) is 19.3. The summed E-state index contributed by atoms with van der Waals surface area (Å²) in [5, 5.41) is 9.19. The predicted molar refractivity (Wildman–Crippen MR) is 143 cm³/mol. The number of hydrogen-bond donors (Lipinski definition) is 0. The highest BCUT2D eigenvalue weighted by Gasteiger charge is 2.40. The van der Waals surface area contributed by atoms with E-state index in [1.54, 1.807) is 0 Å². The minimum Gasteiger partial charge on any atom is -0.343 e. The molecule has 0 saturated heterocycles. The smallest absolute Gasteiger partial charge is 0.0593 e. The first-order chi connectivity index (χ1) is 15.7. The molecular weight excluding hydrogens is 425 g/mol. The summed E-state index contributed by atoms with van der Waals surface area (Å²) < 4.78 is 2.38. The van der Waals surface area contributed by atoms with Gasteiger partial charge in [-0.1, -0.05) is 109 Å². The predicted octanol–water partition coefficient (Wildman–Crippen LogP) is 6.22. The van der Waals surface area contributed by atoms with Gasteiger partial charge in [-0.25, -0.2) is 0 Å². The first-order valence-corrected chi connectivity index (χ1v) is 13.7. The van der Waals surface area contributed by atoms with Crippen molar-refractivity contribution < 1.29 is 0 Å². The molecular formula is C29H20NPS. The van der Waals surface area contributed by atoms with E-state index < -0.39 is 6.04 Å². The summed E-state index contributed by atoms with van der Waals surface area (Å²) in [4.78, 5) is 0. The van der Waals surface area contributed by atoms with E-state index in [0.717, 1.165) is 0 Å². The summed E-state index contributed by atoms with van der Waals surface area (Å²) in [5.41, 5.74) is 5.19. The Kier molecular flexibility index (Phi) is 3.69. The first-order valence-electron chi connectivity index (χ1n) is 10.9. The Balaban J connectivity index is 1.84. The third kappa shape index (κ3) is 2.12. The molecule has 0 N–H and O–H groups in total. The Morgan fingerprint density at radius 2 is 1.28 bits per heavy atom. The lowest BCUT2D eigenvalue weighted by atomic mass is 9.95. The van der Waals surface area contributed by atoms with Gasteiger partial charge in [0.2, 0.25) is 0 Å². The van der Waals surface area contributed by atoms with E-state index in [0.29, 0.717) is 0 Å². The second-order valence-corrected chi connectivity index (χ2v) is 12.8. The monoisotopic (exact) mass is 445 g/mol. The maximum absolute atomic E-state index is 6.80. The number of aryl methyl sites for hydroxylation is 1. The molecule has 1 atom stereocenters. The van der Waals surface area contributed by atoms with Crippen molar-refractivity contribution in [3.05, 3.63) is 103 Å². The average Bonchev–Trinajstić information content (AvgIpc) is 3.30. The van der Waals surface area contributed by atoms with Crippen LogP contribution in [0.25, 0.3) is 43.7 Å². The van der Waals surface area contributed by atoms with E-state index in [-0.39, 0.29) is 0 Å². The van der Waals surface area contributed by atoms with Gasteiger partial charge in [0.05, 0.1) is 5.52 Å². The summed E-state index contributed by atoms with van der Waals surface area (Å²) in [5.74, 6) is 0. The minimum atomic E-state index is -2.22. The molecule has 1 aromatic heterocycles. The third-order valence-electron chi connectivity index (χ3n) is 6.98. The van der Waals surface area contributed by atoms with E-state index in [9.17, 15) is 0 Å². The van der Waals surface area contributed by atoms with Crippen molar-refractivity contribution in [2.45, 2.75) is 0 Å². The largest absolute Gasteiger partial charge is 0.343 e. The number of benzene rings is 5. The lowest BCUT2D eigenvalue weighted by molar-refractivity contribution is 1.02. The molecule has 5 aromatic carbocycles. The van der Waals surface area contributed by atoms with Gasteiger partial charge in [-0.15, -0.1) is 0 Å². The number of hydrogen-bond acceptors (Lipinski definition) is 1. The summed E-state index contributed by atoms with van der Waals surface area (Å²) in [6.45, 7) is 0. The van der Waals surface area contributed by atoms with Crippen LogP contribution >= 0.6 is 6.04 Å². The van der Waals surface area contributed by atoms with Crippen LogP contribution in [0.5, 0.6) is 0 Å². The number of para-hydroxylation sites is 1. The number of nitrogens with zero attached hydrogens (tertiary/aromatic N) is 1. The summed E-state index contributed by atoms with van der Waals surface area (Å²) >= 11 is 6.80.